The predicted octanol–water partition coefficient (Wildman–Crippen LogP) is 9.11. The quantitative estimate of drug-likeness (QED) is 0.351. The van der Waals surface area contributed by atoms with Crippen molar-refractivity contribution in [2.75, 3.05) is 5.32 Å². The highest BCUT2D eigenvalue weighted by Gasteiger charge is 2.37. The van der Waals surface area contributed by atoms with Crippen molar-refractivity contribution in [1.82, 2.24) is 0 Å². The average molecular weight is 480 g/mol. The molecule has 0 bridgehead atoms. The molecule has 3 aromatic rings. The van der Waals surface area contributed by atoms with Gasteiger partial charge in [0.05, 0.1) is 0 Å². The van der Waals surface area contributed by atoms with Gasteiger partial charge in [-0.15, -0.1) is 0 Å². The topological polar surface area (TPSA) is 29.1 Å². The molecule has 1 aliphatic carbocycles. The van der Waals surface area contributed by atoms with Crippen LogP contribution in [0.2, 0.25) is 0 Å². The molecule has 2 heteroatoms. The minimum Gasteiger partial charge on any atom is -0.322 e. The molecule has 1 amide bonds. The number of aryl methyl sites for hydroxylation is 2. The lowest BCUT2D eigenvalue weighted by Crippen LogP contribution is -2.34. The molecule has 0 heterocycles. The maximum absolute atomic E-state index is 12.7. The molecule has 0 atom stereocenters. The first-order chi connectivity index (χ1) is 17.0. The lowest BCUT2D eigenvalue weighted by Gasteiger charge is -2.42. The zero-order valence-corrected chi connectivity index (χ0v) is 23.1. The first kappa shape index (κ1) is 25.9. The van der Waals surface area contributed by atoms with Crippen LogP contribution in [0.3, 0.4) is 0 Å². The van der Waals surface area contributed by atoms with E-state index < -0.39 is 0 Å². The van der Waals surface area contributed by atoms with Crippen LogP contribution in [0.15, 0.2) is 60.7 Å². The Hall–Kier alpha value is -3.13. The monoisotopic (exact) mass is 479 g/mol. The number of amides is 1. The number of anilines is 1. The highest BCUT2D eigenvalue weighted by atomic mass is 16.1. The summed E-state index contributed by atoms with van der Waals surface area (Å²) in [5, 5.41) is 2.98. The van der Waals surface area contributed by atoms with Gasteiger partial charge < -0.3 is 5.32 Å². The fourth-order valence-corrected chi connectivity index (χ4v) is 5.40. The zero-order valence-electron chi connectivity index (χ0n) is 23.1. The van der Waals surface area contributed by atoms with Gasteiger partial charge in [-0.25, -0.2) is 0 Å². The molecule has 1 aliphatic rings. The van der Waals surface area contributed by atoms with Gasteiger partial charge in [-0.05, 0) is 102 Å². The Morgan fingerprint density at radius 1 is 0.889 bits per heavy atom. The van der Waals surface area contributed by atoms with Crippen molar-refractivity contribution in [2.45, 2.75) is 85.0 Å². The number of carbonyl (C=O) groups excluding carboxylic acids is 1. The van der Waals surface area contributed by atoms with E-state index in [1.54, 1.807) is 0 Å². The van der Waals surface area contributed by atoms with Crippen molar-refractivity contribution in [3.05, 3.63) is 99.6 Å². The van der Waals surface area contributed by atoms with Gasteiger partial charge in [-0.1, -0.05) is 89.1 Å². The summed E-state index contributed by atoms with van der Waals surface area (Å²) in [7, 11) is 0. The molecule has 4 rings (SSSR count). The Morgan fingerprint density at radius 2 is 1.47 bits per heavy atom. The van der Waals surface area contributed by atoms with Gasteiger partial charge >= 0.3 is 0 Å². The summed E-state index contributed by atoms with van der Waals surface area (Å²) in [5.41, 5.74) is 11.3. The summed E-state index contributed by atoms with van der Waals surface area (Å²) in [6.45, 7) is 16.1. The third-order valence-electron chi connectivity index (χ3n) is 7.89. The van der Waals surface area contributed by atoms with E-state index in [9.17, 15) is 4.79 Å². The smallest absolute Gasteiger partial charge is 0.255 e. The zero-order chi connectivity index (χ0) is 26.1. The number of nitrogens with one attached hydrogen (secondary N) is 1. The highest BCUT2D eigenvalue weighted by molar-refractivity contribution is 6.04. The fourth-order valence-electron chi connectivity index (χ4n) is 5.40. The minimum atomic E-state index is -0.0872. The number of carbonyl (C=O) groups is 1. The number of hydrogen-bond donors (Lipinski definition) is 1. The first-order valence-corrected chi connectivity index (χ1v) is 13.3. The summed E-state index contributed by atoms with van der Waals surface area (Å²) in [5.74, 6) is -0.0872. The Morgan fingerprint density at radius 3 is 2.06 bits per heavy atom. The highest BCUT2D eigenvalue weighted by Crippen LogP contribution is 2.47. The van der Waals surface area contributed by atoms with E-state index in [-0.39, 0.29) is 16.7 Å². The number of benzene rings is 3. The van der Waals surface area contributed by atoms with Crippen molar-refractivity contribution >= 4 is 23.2 Å². The minimum absolute atomic E-state index is 0.0872. The van der Waals surface area contributed by atoms with Crippen LogP contribution in [-0.4, -0.2) is 5.91 Å². The molecular formula is C34H41NO. The van der Waals surface area contributed by atoms with Crippen molar-refractivity contribution < 1.29 is 4.79 Å². The number of fused-ring (bicyclic) bond motifs is 1. The van der Waals surface area contributed by atoms with E-state index >= 15 is 0 Å². The van der Waals surface area contributed by atoms with E-state index in [0.29, 0.717) is 5.56 Å². The van der Waals surface area contributed by atoms with Crippen LogP contribution in [0.1, 0.15) is 105 Å². The van der Waals surface area contributed by atoms with Crippen LogP contribution in [0, 0.1) is 6.92 Å². The number of hydrogen-bond acceptors (Lipinski definition) is 1. The average Bonchev–Trinajstić information content (AvgIpc) is 2.84. The lowest BCUT2D eigenvalue weighted by molar-refractivity contribution is 0.102. The summed E-state index contributed by atoms with van der Waals surface area (Å²) in [6, 6.07) is 20.8. The van der Waals surface area contributed by atoms with E-state index in [1.165, 1.54) is 46.2 Å². The maximum atomic E-state index is 12.7. The van der Waals surface area contributed by atoms with Crippen LogP contribution in [0.5, 0.6) is 0 Å². The van der Waals surface area contributed by atoms with E-state index in [1.807, 2.05) is 55.5 Å². The molecule has 0 fully saturated rings. The van der Waals surface area contributed by atoms with Gasteiger partial charge in [0, 0.05) is 11.3 Å². The molecule has 1 N–H and O–H groups in total. The van der Waals surface area contributed by atoms with Crippen molar-refractivity contribution in [3.63, 3.8) is 0 Å². The summed E-state index contributed by atoms with van der Waals surface area (Å²) in [4.78, 5) is 12.7. The molecule has 3 aromatic carbocycles. The lowest BCUT2D eigenvalue weighted by atomic mass is 9.62. The first-order valence-electron chi connectivity index (χ1n) is 13.3. The van der Waals surface area contributed by atoms with Crippen LogP contribution < -0.4 is 5.32 Å². The Labute approximate surface area is 217 Å². The molecule has 0 aliphatic heterocycles. The molecule has 0 aromatic heterocycles. The molecule has 0 radical (unpaired) electrons. The largest absolute Gasteiger partial charge is 0.322 e. The van der Waals surface area contributed by atoms with E-state index in [2.05, 4.69) is 65.1 Å². The molecular weight excluding hydrogens is 438 g/mol. The Bertz CT molecular complexity index is 1270. The normalized spacial score (nSPS) is 16.4. The molecule has 2 nitrogen and oxygen atoms in total. The third kappa shape index (κ3) is 5.48. The van der Waals surface area contributed by atoms with Crippen molar-refractivity contribution in [3.8, 4) is 0 Å². The Balaban J connectivity index is 1.62. The summed E-state index contributed by atoms with van der Waals surface area (Å²) < 4.78 is 0. The number of allylic oxidation sites excluding steroid dienone is 1. The van der Waals surface area contributed by atoms with Gasteiger partial charge in [0.2, 0.25) is 0 Å². The summed E-state index contributed by atoms with van der Waals surface area (Å²) in [6.07, 6.45) is 6.92. The molecule has 36 heavy (non-hydrogen) atoms. The van der Waals surface area contributed by atoms with Crippen LogP contribution in [-0.2, 0) is 17.3 Å². The second kappa shape index (κ2) is 10.1. The van der Waals surface area contributed by atoms with Gasteiger partial charge in [0.1, 0.15) is 0 Å². The second-order valence-corrected chi connectivity index (χ2v) is 11.8. The third-order valence-corrected chi connectivity index (χ3v) is 7.89. The van der Waals surface area contributed by atoms with Gasteiger partial charge in [-0.2, -0.15) is 0 Å². The predicted molar refractivity (Wildman–Crippen MR) is 155 cm³/mol. The van der Waals surface area contributed by atoms with Crippen LogP contribution in [0.4, 0.5) is 5.69 Å². The molecule has 188 valence electrons. The van der Waals surface area contributed by atoms with Crippen molar-refractivity contribution in [2.24, 2.45) is 0 Å². The van der Waals surface area contributed by atoms with Crippen LogP contribution in [0.25, 0.3) is 11.6 Å². The standard InChI is InChI=1S/C34H41NO/c1-8-9-27-21-30-31(34(6,7)19-18-33(30,4)5)22-29(27)24(3)20-25-12-14-26(15-13-25)32(36)35-28-16-10-23(2)11-17-28/h10-17,20-22H,8-9,18-19H2,1-7H3,(H,35,36)/b24-20+. The van der Waals surface area contributed by atoms with Crippen molar-refractivity contribution in [1.29, 1.82) is 0 Å². The summed E-state index contributed by atoms with van der Waals surface area (Å²) >= 11 is 0. The molecule has 0 saturated carbocycles. The number of rotatable bonds is 6. The SMILES string of the molecule is CCCc1cc2c(cc1/C(C)=C/c1ccc(C(=O)Nc3ccc(C)cc3)cc1)C(C)(C)CCC2(C)C. The van der Waals surface area contributed by atoms with E-state index in [0.717, 1.165) is 24.1 Å². The second-order valence-electron chi connectivity index (χ2n) is 11.8. The van der Waals surface area contributed by atoms with Gasteiger partial charge in [0.15, 0.2) is 0 Å². The van der Waals surface area contributed by atoms with Crippen LogP contribution >= 0.6 is 0 Å². The fraction of sp³-hybridized carbons (Fsp3) is 0.382. The molecule has 0 spiro atoms. The Kier molecular flexibility index (Phi) is 7.27. The van der Waals surface area contributed by atoms with E-state index in [4.69, 9.17) is 0 Å². The molecule has 0 saturated heterocycles. The van der Waals surface area contributed by atoms with Gasteiger partial charge in [-0.3, -0.25) is 4.79 Å². The molecule has 0 unspecified atom stereocenters. The van der Waals surface area contributed by atoms with Gasteiger partial charge in [0.25, 0.3) is 5.91 Å². The maximum Gasteiger partial charge on any atom is 0.255 e.